The lowest BCUT2D eigenvalue weighted by atomic mass is 9.92. The van der Waals surface area contributed by atoms with E-state index in [-0.39, 0.29) is 18.5 Å². The van der Waals surface area contributed by atoms with Crippen LogP contribution in [0.4, 0.5) is 0 Å². The zero-order valence-electron chi connectivity index (χ0n) is 15.9. The van der Waals surface area contributed by atoms with Crippen LogP contribution in [0, 0.1) is 5.92 Å². The third-order valence-electron chi connectivity index (χ3n) is 5.33. The van der Waals surface area contributed by atoms with Gasteiger partial charge in [-0.1, -0.05) is 74.5 Å². The van der Waals surface area contributed by atoms with Crippen molar-refractivity contribution in [3.05, 3.63) is 77.5 Å². The molecule has 2 aromatic rings. The average molecular weight is 384 g/mol. The van der Waals surface area contributed by atoms with Crippen LogP contribution in [-0.4, -0.2) is 22.8 Å². The van der Waals surface area contributed by atoms with E-state index in [9.17, 15) is 14.5 Å². The number of carbonyl (C=O) groups is 1. The predicted molar refractivity (Wildman–Crippen MR) is 108 cm³/mol. The maximum absolute atomic E-state index is 14.5. The molecule has 1 aliphatic heterocycles. The van der Waals surface area contributed by atoms with E-state index < -0.39 is 24.2 Å². The minimum atomic E-state index is -3.19. The summed E-state index contributed by atoms with van der Waals surface area (Å²) in [5.74, 6) is -1.59. The first-order chi connectivity index (χ1) is 12.8. The van der Waals surface area contributed by atoms with E-state index in [4.69, 9.17) is 4.74 Å². The van der Waals surface area contributed by atoms with Crippen LogP contribution in [0.2, 0.25) is 0 Å². The van der Waals surface area contributed by atoms with Crippen molar-refractivity contribution in [2.24, 2.45) is 5.92 Å². The molecule has 0 spiro atoms. The molecular weight excluding hydrogens is 359 g/mol. The molecule has 0 saturated carbocycles. The second-order valence-electron chi connectivity index (χ2n) is 7.32. The number of rotatable bonds is 5. The Morgan fingerprint density at radius 1 is 1.07 bits per heavy atom. The van der Waals surface area contributed by atoms with Crippen LogP contribution in [0.25, 0.3) is 5.31 Å². The van der Waals surface area contributed by atoms with Gasteiger partial charge in [-0.15, -0.1) is 0 Å². The highest BCUT2D eigenvalue weighted by Gasteiger charge is 2.60. The molecular formula is C22H25O4P. The molecule has 0 bridgehead atoms. The van der Waals surface area contributed by atoms with Crippen molar-refractivity contribution >= 4 is 18.4 Å². The molecule has 0 aliphatic carbocycles. The Labute approximate surface area is 160 Å². The summed E-state index contributed by atoms with van der Waals surface area (Å²) < 4.78 is 19.7. The number of aliphatic hydroxyl groups excluding tert-OH is 1. The molecule has 142 valence electrons. The SMILES string of the molecule is CCOC(=O)[C@@H]1C(O)=C(c2ccccc2)[P@@](=O)(Cc2ccccc2)C1(C)C. The predicted octanol–water partition coefficient (Wildman–Crippen LogP) is 5.45. The Morgan fingerprint density at radius 2 is 1.63 bits per heavy atom. The van der Waals surface area contributed by atoms with Crippen LogP contribution in [0.1, 0.15) is 31.9 Å². The molecule has 0 amide bonds. The summed E-state index contributed by atoms with van der Waals surface area (Å²) in [4.78, 5) is 12.7. The second-order valence-corrected chi connectivity index (χ2v) is 10.7. The molecule has 1 N–H and O–H groups in total. The van der Waals surface area contributed by atoms with Gasteiger partial charge < -0.3 is 14.4 Å². The normalized spacial score (nSPS) is 24.0. The lowest BCUT2D eigenvalue weighted by molar-refractivity contribution is -0.148. The lowest BCUT2D eigenvalue weighted by Gasteiger charge is -2.33. The van der Waals surface area contributed by atoms with Crippen LogP contribution >= 0.6 is 7.14 Å². The monoisotopic (exact) mass is 384 g/mol. The van der Waals surface area contributed by atoms with Crippen LogP contribution in [0.5, 0.6) is 0 Å². The first kappa shape index (κ1) is 19.4. The molecule has 2 aromatic carbocycles. The van der Waals surface area contributed by atoms with Crippen molar-refractivity contribution < 1.29 is 19.2 Å². The summed E-state index contributed by atoms with van der Waals surface area (Å²) in [7, 11) is -3.19. The molecule has 2 atom stereocenters. The van der Waals surface area contributed by atoms with E-state index in [1.54, 1.807) is 20.8 Å². The molecule has 3 rings (SSSR count). The number of aliphatic hydroxyl groups is 1. The van der Waals surface area contributed by atoms with Gasteiger partial charge in [0.1, 0.15) is 18.8 Å². The standard InChI is InChI=1S/C22H25O4P/c1-4-26-21(24)18-19(23)20(17-13-9-6-10-14-17)27(25,22(18,2)3)15-16-11-7-5-8-12-16/h5-14,18,23H,4,15H2,1-3H3/t18-,27-/m0/s1. The van der Waals surface area contributed by atoms with Gasteiger partial charge in [0, 0.05) is 11.3 Å². The Bertz CT molecular complexity index is 900. The quantitative estimate of drug-likeness (QED) is 0.550. The molecule has 0 aromatic heterocycles. The van der Waals surface area contributed by atoms with Crippen molar-refractivity contribution in [1.29, 1.82) is 0 Å². The smallest absolute Gasteiger partial charge is 0.317 e. The van der Waals surface area contributed by atoms with E-state index in [0.717, 1.165) is 5.56 Å². The summed E-state index contributed by atoms with van der Waals surface area (Å²) in [6.07, 6.45) is 0.283. The fourth-order valence-corrected chi connectivity index (χ4v) is 7.43. The number of hydrogen-bond donors (Lipinski definition) is 1. The van der Waals surface area contributed by atoms with Crippen molar-refractivity contribution in [3.8, 4) is 0 Å². The van der Waals surface area contributed by atoms with Gasteiger partial charge in [0.05, 0.1) is 11.9 Å². The molecule has 0 radical (unpaired) electrons. The molecule has 0 saturated heterocycles. The van der Waals surface area contributed by atoms with E-state index in [2.05, 4.69) is 0 Å². The van der Waals surface area contributed by atoms with Gasteiger partial charge in [0.15, 0.2) is 0 Å². The van der Waals surface area contributed by atoms with Crippen LogP contribution in [-0.2, 0) is 20.3 Å². The zero-order valence-corrected chi connectivity index (χ0v) is 16.8. The number of benzene rings is 2. The summed E-state index contributed by atoms with van der Waals surface area (Å²) in [5, 5.41) is 10.5. The molecule has 1 aliphatic rings. The number of carbonyl (C=O) groups excluding carboxylic acids is 1. The molecule has 4 nitrogen and oxygen atoms in total. The summed E-state index contributed by atoms with van der Waals surface area (Å²) in [6.45, 7) is 5.53. The third kappa shape index (κ3) is 3.23. The first-order valence-corrected chi connectivity index (χ1v) is 11.0. The van der Waals surface area contributed by atoms with Crippen LogP contribution in [0.15, 0.2) is 66.4 Å². The van der Waals surface area contributed by atoms with E-state index in [1.807, 2.05) is 60.7 Å². The van der Waals surface area contributed by atoms with E-state index in [0.29, 0.717) is 10.9 Å². The minimum absolute atomic E-state index is 0.121. The first-order valence-electron chi connectivity index (χ1n) is 9.11. The molecule has 1 heterocycles. The van der Waals surface area contributed by atoms with Crippen molar-refractivity contribution in [2.75, 3.05) is 6.61 Å². The molecule has 0 unspecified atom stereocenters. The van der Waals surface area contributed by atoms with Gasteiger partial charge in [-0.2, -0.15) is 0 Å². The van der Waals surface area contributed by atoms with Crippen molar-refractivity contribution in [1.82, 2.24) is 0 Å². The fourth-order valence-electron chi connectivity index (χ4n) is 3.85. The van der Waals surface area contributed by atoms with Gasteiger partial charge >= 0.3 is 5.97 Å². The Morgan fingerprint density at radius 3 is 2.19 bits per heavy atom. The largest absolute Gasteiger partial charge is 0.511 e. The Hall–Kier alpha value is -2.32. The maximum atomic E-state index is 14.5. The average Bonchev–Trinajstić information content (AvgIpc) is 2.78. The molecule has 5 heteroatoms. The van der Waals surface area contributed by atoms with Crippen LogP contribution < -0.4 is 0 Å². The van der Waals surface area contributed by atoms with Gasteiger partial charge in [-0.05, 0) is 18.1 Å². The number of ether oxygens (including phenoxy) is 1. The van der Waals surface area contributed by atoms with E-state index >= 15 is 0 Å². The minimum Gasteiger partial charge on any atom is -0.511 e. The Kier molecular flexibility index (Phi) is 5.30. The second kappa shape index (κ2) is 7.36. The molecule has 27 heavy (non-hydrogen) atoms. The van der Waals surface area contributed by atoms with Gasteiger partial charge in [0.2, 0.25) is 0 Å². The number of esters is 1. The summed E-state index contributed by atoms with van der Waals surface area (Å²) in [5.41, 5.74) is 1.61. The maximum Gasteiger partial charge on any atom is 0.317 e. The van der Waals surface area contributed by atoms with Gasteiger partial charge in [0.25, 0.3) is 0 Å². The van der Waals surface area contributed by atoms with Gasteiger partial charge in [-0.25, -0.2) is 0 Å². The summed E-state index contributed by atoms with van der Waals surface area (Å²) in [6, 6.07) is 18.8. The lowest BCUT2D eigenvalue weighted by Crippen LogP contribution is -2.35. The highest BCUT2D eigenvalue weighted by atomic mass is 31.2. The van der Waals surface area contributed by atoms with Crippen LogP contribution in [0.3, 0.4) is 0 Å². The van der Waals surface area contributed by atoms with E-state index in [1.165, 1.54) is 0 Å². The summed E-state index contributed by atoms with van der Waals surface area (Å²) >= 11 is 0. The Balaban J connectivity index is 2.19. The fraction of sp³-hybridized carbons (Fsp3) is 0.318. The topological polar surface area (TPSA) is 63.6 Å². The highest BCUT2D eigenvalue weighted by Crippen LogP contribution is 2.77. The van der Waals surface area contributed by atoms with Crippen molar-refractivity contribution in [3.63, 3.8) is 0 Å². The zero-order chi connectivity index (χ0) is 19.7. The third-order valence-corrected chi connectivity index (χ3v) is 9.47. The highest BCUT2D eigenvalue weighted by molar-refractivity contribution is 7.75. The van der Waals surface area contributed by atoms with Crippen molar-refractivity contribution in [2.45, 2.75) is 32.1 Å². The van der Waals surface area contributed by atoms with Gasteiger partial charge in [-0.3, -0.25) is 4.79 Å². The molecule has 0 fully saturated rings. The number of hydrogen-bond acceptors (Lipinski definition) is 4.